The van der Waals surface area contributed by atoms with Gasteiger partial charge in [-0.05, 0) is 99.1 Å². The van der Waals surface area contributed by atoms with Crippen LogP contribution in [0.2, 0.25) is 0 Å². The van der Waals surface area contributed by atoms with Crippen LogP contribution in [0.15, 0.2) is 117 Å². The minimum atomic E-state index is 0.300. The molecule has 0 fully saturated rings. The van der Waals surface area contributed by atoms with E-state index in [0.29, 0.717) is 24.5 Å². The average Bonchev–Trinajstić information content (AvgIpc) is 3.43. The maximum absolute atomic E-state index is 5.99. The Balaban J connectivity index is 1.12. The third-order valence-corrected chi connectivity index (χ3v) is 8.30. The summed E-state index contributed by atoms with van der Waals surface area (Å²) in [5, 5.41) is 3.80. The standard InChI is InChI=1S/C32H26Br2N2O/c33-24-13-8-21(9-14-24)20-37-31-17-10-22(18-29(31)34)19-35-25-15-11-23(12-16-25)32-28-6-3-5-26(28)27-4-1-2-7-30(27)36-32/h1-5,7-19,26,28,32,36H,6,20H2/t26-,28+,32-/m0/s1. The molecule has 0 bridgehead atoms. The molecule has 37 heavy (non-hydrogen) atoms. The van der Waals surface area contributed by atoms with E-state index in [2.05, 4.69) is 110 Å². The summed E-state index contributed by atoms with van der Waals surface area (Å²) >= 11 is 7.10. The lowest BCUT2D eigenvalue weighted by molar-refractivity contribution is 0.304. The van der Waals surface area contributed by atoms with Crippen LogP contribution in [0, 0.1) is 5.92 Å². The largest absolute Gasteiger partial charge is 0.488 e. The highest BCUT2D eigenvalue weighted by atomic mass is 79.9. The molecule has 0 unspecified atom stereocenters. The number of para-hydroxylation sites is 1. The van der Waals surface area contributed by atoms with E-state index in [4.69, 9.17) is 9.73 Å². The molecule has 4 aromatic carbocycles. The maximum atomic E-state index is 5.99. The van der Waals surface area contributed by atoms with Gasteiger partial charge in [-0.25, -0.2) is 0 Å². The van der Waals surface area contributed by atoms with Crippen molar-refractivity contribution in [2.75, 3.05) is 5.32 Å². The van der Waals surface area contributed by atoms with E-state index >= 15 is 0 Å². The van der Waals surface area contributed by atoms with Crippen LogP contribution >= 0.6 is 31.9 Å². The molecule has 0 spiro atoms. The van der Waals surface area contributed by atoms with Gasteiger partial charge in [0, 0.05) is 22.3 Å². The van der Waals surface area contributed by atoms with Crippen molar-refractivity contribution in [2.24, 2.45) is 10.9 Å². The summed E-state index contributed by atoms with van der Waals surface area (Å²) in [5.74, 6) is 1.84. The first-order valence-corrected chi connectivity index (χ1v) is 14.1. The molecule has 0 saturated heterocycles. The van der Waals surface area contributed by atoms with E-state index in [9.17, 15) is 0 Å². The number of halogens is 2. The van der Waals surface area contributed by atoms with Crippen molar-refractivity contribution in [1.82, 2.24) is 0 Å². The summed E-state index contributed by atoms with van der Waals surface area (Å²) in [5.41, 5.74) is 7.04. The number of ether oxygens (including phenoxy) is 1. The van der Waals surface area contributed by atoms with Gasteiger partial charge < -0.3 is 10.1 Å². The number of hydrogen-bond acceptors (Lipinski definition) is 3. The summed E-state index contributed by atoms with van der Waals surface area (Å²) in [6, 6.07) is 31.8. The number of fused-ring (bicyclic) bond motifs is 3. The summed E-state index contributed by atoms with van der Waals surface area (Å²) in [6.07, 6.45) is 7.71. The Morgan fingerprint density at radius 3 is 2.54 bits per heavy atom. The monoisotopic (exact) mass is 612 g/mol. The van der Waals surface area contributed by atoms with Crippen LogP contribution in [-0.4, -0.2) is 6.21 Å². The third-order valence-electron chi connectivity index (χ3n) is 7.15. The van der Waals surface area contributed by atoms with Crippen LogP contribution in [0.4, 0.5) is 11.4 Å². The van der Waals surface area contributed by atoms with Gasteiger partial charge in [-0.2, -0.15) is 0 Å². The van der Waals surface area contributed by atoms with Crippen molar-refractivity contribution in [2.45, 2.75) is 25.0 Å². The number of rotatable bonds is 6. The van der Waals surface area contributed by atoms with Gasteiger partial charge in [-0.3, -0.25) is 4.99 Å². The molecule has 0 saturated carbocycles. The van der Waals surface area contributed by atoms with Gasteiger partial charge in [-0.15, -0.1) is 0 Å². The fourth-order valence-electron chi connectivity index (χ4n) is 5.25. The van der Waals surface area contributed by atoms with Crippen molar-refractivity contribution < 1.29 is 4.74 Å². The second kappa shape index (κ2) is 10.7. The molecule has 0 aromatic heterocycles. The lowest BCUT2D eigenvalue weighted by atomic mass is 9.77. The Hall–Kier alpha value is -3.15. The average molecular weight is 614 g/mol. The van der Waals surface area contributed by atoms with Crippen LogP contribution in [0.25, 0.3) is 0 Å². The number of anilines is 1. The second-order valence-corrected chi connectivity index (χ2v) is 11.3. The van der Waals surface area contributed by atoms with Gasteiger partial charge >= 0.3 is 0 Å². The topological polar surface area (TPSA) is 33.6 Å². The Kier molecular flexibility index (Phi) is 6.99. The van der Waals surface area contributed by atoms with Gasteiger partial charge in [0.15, 0.2) is 0 Å². The Bertz CT molecular complexity index is 1460. The number of nitrogens with one attached hydrogen (secondary N) is 1. The van der Waals surface area contributed by atoms with E-state index in [1.165, 1.54) is 16.8 Å². The molecule has 6 rings (SSSR count). The molecule has 1 heterocycles. The molecule has 0 radical (unpaired) electrons. The van der Waals surface area contributed by atoms with Gasteiger partial charge in [0.05, 0.1) is 16.2 Å². The van der Waals surface area contributed by atoms with Crippen molar-refractivity contribution in [3.05, 3.63) is 134 Å². The summed E-state index contributed by atoms with van der Waals surface area (Å²) < 4.78 is 7.96. The minimum Gasteiger partial charge on any atom is -0.488 e. The summed E-state index contributed by atoms with van der Waals surface area (Å²) in [7, 11) is 0. The second-order valence-electron chi connectivity index (χ2n) is 9.52. The van der Waals surface area contributed by atoms with Crippen molar-refractivity contribution >= 4 is 49.4 Å². The zero-order chi connectivity index (χ0) is 25.2. The highest BCUT2D eigenvalue weighted by Crippen LogP contribution is 2.49. The predicted octanol–water partition coefficient (Wildman–Crippen LogP) is 9.37. The number of benzene rings is 4. The number of nitrogens with zero attached hydrogens (tertiary/aromatic N) is 1. The fraction of sp³-hybridized carbons (Fsp3) is 0.156. The van der Waals surface area contributed by atoms with E-state index in [-0.39, 0.29) is 0 Å². The lowest BCUT2D eigenvalue weighted by Crippen LogP contribution is -2.28. The number of allylic oxidation sites excluding steroid dienone is 2. The Morgan fingerprint density at radius 2 is 1.73 bits per heavy atom. The molecule has 184 valence electrons. The number of hydrogen-bond donors (Lipinski definition) is 1. The van der Waals surface area contributed by atoms with Crippen LogP contribution in [0.3, 0.4) is 0 Å². The van der Waals surface area contributed by atoms with E-state index in [1.807, 2.05) is 36.5 Å². The van der Waals surface area contributed by atoms with Crippen LogP contribution < -0.4 is 10.1 Å². The van der Waals surface area contributed by atoms with Crippen LogP contribution in [-0.2, 0) is 6.61 Å². The van der Waals surface area contributed by atoms with Crippen molar-refractivity contribution in [1.29, 1.82) is 0 Å². The van der Waals surface area contributed by atoms with Gasteiger partial charge in [0.2, 0.25) is 0 Å². The van der Waals surface area contributed by atoms with Crippen molar-refractivity contribution in [3.8, 4) is 5.75 Å². The van der Waals surface area contributed by atoms with Crippen molar-refractivity contribution in [3.63, 3.8) is 0 Å². The SMILES string of the molecule is Brc1ccc(COc2ccc(C=Nc3ccc([C@@H]4Nc5ccccc5[C@@H]5C=CC[C@H]54)cc3)cc2Br)cc1. The molecule has 3 atom stereocenters. The molecular formula is C32H26Br2N2O. The quantitative estimate of drug-likeness (QED) is 0.174. The third kappa shape index (κ3) is 5.29. The molecule has 1 aliphatic heterocycles. The van der Waals surface area contributed by atoms with E-state index < -0.39 is 0 Å². The minimum absolute atomic E-state index is 0.300. The highest BCUT2D eigenvalue weighted by molar-refractivity contribution is 9.10. The molecule has 1 aliphatic carbocycles. The highest BCUT2D eigenvalue weighted by Gasteiger charge is 2.37. The first kappa shape index (κ1) is 24.2. The molecule has 1 N–H and O–H groups in total. The van der Waals surface area contributed by atoms with E-state index in [1.54, 1.807) is 0 Å². The first-order valence-electron chi connectivity index (χ1n) is 12.5. The summed E-state index contributed by atoms with van der Waals surface area (Å²) in [4.78, 5) is 4.71. The molecular weight excluding hydrogens is 588 g/mol. The fourth-order valence-corrected chi connectivity index (χ4v) is 6.02. The van der Waals surface area contributed by atoms with Crippen LogP contribution in [0.5, 0.6) is 5.75 Å². The Labute approximate surface area is 234 Å². The zero-order valence-corrected chi connectivity index (χ0v) is 23.3. The molecule has 2 aliphatic rings. The Morgan fingerprint density at radius 1 is 0.919 bits per heavy atom. The van der Waals surface area contributed by atoms with E-state index in [0.717, 1.165) is 37.9 Å². The molecule has 5 heteroatoms. The normalized spacial score (nSPS) is 19.9. The maximum Gasteiger partial charge on any atom is 0.134 e. The zero-order valence-electron chi connectivity index (χ0n) is 20.1. The number of aliphatic imine (C=N–C) groups is 1. The van der Waals surface area contributed by atoms with Crippen LogP contribution in [0.1, 0.15) is 40.6 Å². The molecule has 4 aromatic rings. The molecule has 3 nitrogen and oxygen atoms in total. The van der Waals surface area contributed by atoms with Gasteiger partial charge in [0.25, 0.3) is 0 Å². The lowest BCUT2D eigenvalue weighted by Gasteiger charge is -2.37. The summed E-state index contributed by atoms with van der Waals surface area (Å²) in [6.45, 7) is 0.519. The van der Waals surface area contributed by atoms with Gasteiger partial charge in [0.1, 0.15) is 12.4 Å². The van der Waals surface area contributed by atoms with Gasteiger partial charge in [-0.1, -0.05) is 70.5 Å². The predicted molar refractivity (Wildman–Crippen MR) is 159 cm³/mol. The first-order chi connectivity index (χ1) is 18.1. The molecule has 0 amide bonds. The smallest absolute Gasteiger partial charge is 0.134 e.